The first-order valence-electron chi connectivity index (χ1n) is 4.90. The minimum absolute atomic E-state index is 0.628. The van der Waals surface area contributed by atoms with Gasteiger partial charge < -0.3 is 15.1 Å². The number of hydrogen-bond acceptors (Lipinski definition) is 3. The SMILES string of the molecule is c1cc(CNC2CCCNC2)co1. The average molecular weight is 180 g/mol. The first kappa shape index (κ1) is 8.78. The lowest BCUT2D eigenvalue weighted by atomic mass is 10.1. The van der Waals surface area contributed by atoms with E-state index in [0.29, 0.717) is 6.04 Å². The molecule has 2 N–H and O–H groups in total. The first-order chi connectivity index (χ1) is 6.45. The van der Waals surface area contributed by atoms with Crippen molar-refractivity contribution in [2.75, 3.05) is 13.1 Å². The lowest BCUT2D eigenvalue weighted by Gasteiger charge is -2.23. The van der Waals surface area contributed by atoms with Crippen LogP contribution in [-0.4, -0.2) is 19.1 Å². The molecule has 0 saturated carbocycles. The van der Waals surface area contributed by atoms with Crippen molar-refractivity contribution in [2.45, 2.75) is 25.4 Å². The molecule has 1 unspecified atom stereocenters. The Morgan fingerprint density at radius 3 is 3.31 bits per heavy atom. The molecule has 1 fully saturated rings. The molecule has 2 heterocycles. The highest BCUT2D eigenvalue weighted by atomic mass is 16.3. The Morgan fingerprint density at radius 2 is 2.62 bits per heavy atom. The van der Waals surface area contributed by atoms with Crippen LogP contribution in [0.4, 0.5) is 0 Å². The van der Waals surface area contributed by atoms with Gasteiger partial charge in [-0.3, -0.25) is 0 Å². The fourth-order valence-electron chi connectivity index (χ4n) is 1.68. The van der Waals surface area contributed by atoms with Crippen LogP contribution in [-0.2, 0) is 6.54 Å². The van der Waals surface area contributed by atoms with Crippen LogP contribution in [0.15, 0.2) is 23.0 Å². The maximum absolute atomic E-state index is 5.00. The minimum atomic E-state index is 0.628. The van der Waals surface area contributed by atoms with E-state index in [1.807, 2.05) is 6.07 Å². The summed E-state index contributed by atoms with van der Waals surface area (Å²) in [6, 6.07) is 2.63. The molecule has 0 spiro atoms. The summed E-state index contributed by atoms with van der Waals surface area (Å²) < 4.78 is 5.00. The molecule has 0 aromatic carbocycles. The number of hydrogen-bond donors (Lipinski definition) is 2. The molecular formula is C10H16N2O. The number of furan rings is 1. The van der Waals surface area contributed by atoms with Crippen LogP contribution in [0.3, 0.4) is 0 Å². The van der Waals surface area contributed by atoms with Crippen LogP contribution in [0.2, 0.25) is 0 Å². The Balaban J connectivity index is 1.72. The molecule has 72 valence electrons. The summed E-state index contributed by atoms with van der Waals surface area (Å²) in [7, 11) is 0. The van der Waals surface area contributed by atoms with Crippen molar-refractivity contribution in [1.29, 1.82) is 0 Å². The summed E-state index contributed by atoms with van der Waals surface area (Å²) in [6.07, 6.45) is 6.08. The summed E-state index contributed by atoms with van der Waals surface area (Å²) >= 11 is 0. The second-order valence-electron chi connectivity index (χ2n) is 3.56. The van der Waals surface area contributed by atoms with E-state index in [0.717, 1.165) is 13.1 Å². The van der Waals surface area contributed by atoms with Crippen molar-refractivity contribution in [3.05, 3.63) is 24.2 Å². The molecule has 1 saturated heterocycles. The molecule has 0 bridgehead atoms. The van der Waals surface area contributed by atoms with Gasteiger partial charge in [-0.1, -0.05) is 0 Å². The van der Waals surface area contributed by atoms with Crippen LogP contribution >= 0.6 is 0 Å². The predicted octanol–water partition coefficient (Wildman–Crippen LogP) is 1.12. The molecule has 1 atom stereocenters. The summed E-state index contributed by atoms with van der Waals surface area (Å²) in [5.41, 5.74) is 1.23. The number of rotatable bonds is 3. The first-order valence-corrected chi connectivity index (χ1v) is 4.90. The molecule has 1 aromatic rings. The fraction of sp³-hybridized carbons (Fsp3) is 0.600. The van der Waals surface area contributed by atoms with E-state index in [4.69, 9.17) is 4.42 Å². The Hall–Kier alpha value is -0.800. The van der Waals surface area contributed by atoms with Crippen molar-refractivity contribution in [2.24, 2.45) is 0 Å². The normalized spacial score (nSPS) is 23.2. The van der Waals surface area contributed by atoms with Crippen LogP contribution in [0.1, 0.15) is 18.4 Å². The fourth-order valence-corrected chi connectivity index (χ4v) is 1.68. The summed E-state index contributed by atoms with van der Waals surface area (Å²) in [5, 5.41) is 6.88. The molecular weight excluding hydrogens is 164 g/mol. The van der Waals surface area contributed by atoms with Gasteiger partial charge in [0.1, 0.15) is 0 Å². The summed E-state index contributed by atoms with van der Waals surface area (Å²) in [4.78, 5) is 0. The van der Waals surface area contributed by atoms with E-state index in [1.54, 1.807) is 12.5 Å². The molecule has 2 rings (SSSR count). The van der Waals surface area contributed by atoms with Crippen LogP contribution < -0.4 is 10.6 Å². The van der Waals surface area contributed by atoms with Gasteiger partial charge in [0.15, 0.2) is 0 Å². The van der Waals surface area contributed by atoms with E-state index >= 15 is 0 Å². The Kier molecular flexibility index (Phi) is 3.00. The van der Waals surface area contributed by atoms with Gasteiger partial charge in [-0.15, -0.1) is 0 Å². The van der Waals surface area contributed by atoms with E-state index in [-0.39, 0.29) is 0 Å². The molecule has 0 amide bonds. The highest BCUT2D eigenvalue weighted by Gasteiger charge is 2.11. The molecule has 3 nitrogen and oxygen atoms in total. The topological polar surface area (TPSA) is 37.2 Å². The molecule has 0 aliphatic carbocycles. The quantitative estimate of drug-likeness (QED) is 0.732. The van der Waals surface area contributed by atoms with Crippen LogP contribution in [0.25, 0.3) is 0 Å². The molecule has 0 radical (unpaired) electrons. The predicted molar refractivity (Wildman–Crippen MR) is 51.4 cm³/mol. The Bertz CT molecular complexity index is 227. The van der Waals surface area contributed by atoms with Crippen molar-refractivity contribution in [1.82, 2.24) is 10.6 Å². The lowest BCUT2D eigenvalue weighted by molar-refractivity contribution is 0.388. The van der Waals surface area contributed by atoms with Gasteiger partial charge in [0.05, 0.1) is 12.5 Å². The Morgan fingerprint density at radius 1 is 1.62 bits per heavy atom. The van der Waals surface area contributed by atoms with Gasteiger partial charge in [0, 0.05) is 24.7 Å². The van der Waals surface area contributed by atoms with E-state index in [9.17, 15) is 0 Å². The van der Waals surface area contributed by atoms with Crippen LogP contribution in [0.5, 0.6) is 0 Å². The van der Waals surface area contributed by atoms with Gasteiger partial charge in [0.25, 0.3) is 0 Å². The van der Waals surface area contributed by atoms with Gasteiger partial charge in [-0.2, -0.15) is 0 Å². The molecule has 3 heteroatoms. The molecule has 1 aromatic heterocycles. The highest BCUT2D eigenvalue weighted by Crippen LogP contribution is 2.04. The second-order valence-corrected chi connectivity index (χ2v) is 3.56. The summed E-state index contributed by atoms with van der Waals surface area (Å²) in [6.45, 7) is 3.19. The highest BCUT2D eigenvalue weighted by molar-refractivity contribution is 5.04. The largest absolute Gasteiger partial charge is 0.472 e. The van der Waals surface area contributed by atoms with Crippen molar-refractivity contribution in [3.8, 4) is 0 Å². The molecule has 1 aliphatic rings. The van der Waals surface area contributed by atoms with Gasteiger partial charge >= 0.3 is 0 Å². The van der Waals surface area contributed by atoms with Gasteiger partial charge in [0.2, 0.25) is 0 Å². The zero-order chi connectivity index (χ0) is 8.93. The molecule has 13 heavy (non-hydrogen) atoms. The van der Waals surface area contributed by atoms with E-state index in [2.05, 4.69) is 10.6 Å². The zero-order valence-electron chi connectivity index (χ0n) is 7.75. The number of nitrogens with one attached hydrogen (secondary N) is 2. The third-order valence-corrected chi connectivity index (χ3v) is 2.47. The monoisotopic (exact) mass is 180 g/mol. The molecule has 1 aliphatic heterocycles. The van der Waals surface area contributed by atoms with Gasteiger partial charge in [-0.05, 0) is 25.5 Å². The third kappa shape index (κ3) is 2.57. The lowest BCUT2D eigenvalue weighted by Crippen LogP contribution is -2.42. The van der Waals surface area contributed by atoms with E-state index in [1.165, 1.54) is 24.9 Å². The summed E-state index contributed by atoms with van der Waals surface area (Å²) in [5.74, 6) is 0. The van der Waals surface area contributed by atoms with E-state index < -0.39 is 0 Å². The second kappa shape index (κ2) is 4.44. The van der Waals surface area contributed by atoms with Crippen molar-refractivity contribution < 1.29 is 4.42 Å². The Labute approximate surface area is 78.5 Å². The van der Waals surface area contributed by atoms with Crippen LogP contribution in [0, 0.1) is 0 Å². The van der Waals surface area contributed by atoms with Gasteiger partial charge in [-0.25, -0.2) is 0 Å². The maximum atomic E-state index is 5.00. The maximum Gasteiger partial charge on any atom is 0.0947 e. The standard InChI is InChI=1S/C10H16N2O/c1-2-10(7-11-4-1)12-6-9-3-5-13-8-9/h3,5,8,10-12H,1-2,4,6-7H2. The smallest absolute Gasteiger partial charge is 0.0947 e. The van der Waals surface area contributed by atoms with Crippen molar-refractivity contribution >= 4 is 0 Å². The van der Waals surface area contributed by atoms with Crippen molar-refractivity contribution in [3.63, 3.8) is 0 Å². The zero-order valence-corrected chi connectivity index (χ0v) is 7.75. The third-order valence-electron chi connectivity index (χ3n) is 2.47. The minimum Gasteiger partial charge on any atom is -0.472 e. The average Bonchev–Trinajstić information content (AvgIpc) is 2.69. The number of piperidine rings is 1.